The molecular formula is C26H28N2O2. The first-order valence-electron chi connectivity index (χ1n) is 10.6. The maximum Gasteiger partial charge on any atom is 0.229 e. The number of fused-ring (bicyclic) bond motifs is 1. The highest BCUT2D eigenvalue weighted by atomic mass is 16.2. The smallest absolute Gasteiger partial charge is 0.229 e. The third kappa shape index (κ3) is 4.54. The van der Waals surface area contributed by atoms with Crippen LogP contribution in [0.2, 0.25) is 0 Å². The molecule has 4 rings (SSSR count). The molecule has 0 spiro atoms. The van der Waals surface area contributed by atoms with Crippen molar-refractivity contribution in [3.63, 3.8) is 0 Å². The zero-order valence-corrected chi connectivity index (χ0v) is 17.7. The van der Waals surface area contributed by atoms with Gasteiger partial charge in [-0.05, 0) is 66.3 Å². The van der Waals surface area contributed by atoms with E-state index in [-0.39, 0.29) is 17.7 Å². The van der Waals surface area contributed by atoms with Gasteiger partial charge in [-0.15, -0.1) is 0 Å². The Morgan fingerprint density at radius 3 is 2.53 bits per heavy atom. The van der Waals surface area contributed by atoms with Crippen LogP contribution in [0.25, 0.3) is 10.8 Å². The molecule has 0 aromatic heterocycles. The van der Waals surface area contributed by atoms with E-state index in [0.29, 0.717) is 13.0 Å². The van der Waals surface area contributed by atoms with Crippen LogP contribution in [-0.4, -0.2) is 29.8 Å². The molecule has 1 saturated heterocycles. The second-order valence-corrected chi connectivity index (χ2v) is 8.36. The van der Waals surface area contributed by atoms with Gasteiger partial charge in [-0.1, -0.05) is 48.5 Å². The second kappa shape index (κ2) is 8.70. The number of anilines is 1. The van der Waals surface area contributed by atoms with E-state index in [1.165, 1.54) is 0 Å². The van der Waals surface area contributed by atoms with Crippen LogP contribution >= 0.6 is 0 Å². The van der Waals surface area contributed by atoms with Gasteiger partial charge in [-0.25, -0.2) is 0 Å². The van der Waals surface area contributed by atoms with E-state index in [9.17, 15) is 9.59 Å². The van der Waals surface area contributed by atoms with E-state index in [2.05, 4.69) is 29.6 Å². The Kier molecular flexibility index (Phi) is 5.84. The number of amides is 2. The second-order valence-electron chi connectivity index (χ2n) is 8.36. The van der Waals surface area contributed by atoms with E-state index < -0.39 is 0 Å². The van der Waals surface area contributed by atoms with Crippen molar-refractivity contribution < 1.29 is 9.59 Å². The summed E-state index contributed by atoms with van der Waals surface area (Å²) in [6.07, 6.45) is 2.04. The van der Waals surface area contributed by atoms with E-state index >= 15 is 0 Å². The van der Waals surface area contributed by atoms with Crippen LogP contribution in [-0.2, 0) is 16.0 Å². The Hall–Kier alpha value is -3.14. The average Bonchev–Trinajstić information content (AvgIpc) is 2.73. The predicted molar refractivity (Wildman–Crippen MR) is 122 cm³/mol. The topological polar surface area (TPSA) is 49.4 Å². The summed E-state index contributed by atoms with van der Waals surface area (Å²) in [4.78, 5) is 27.7. The minimum absolute atomic E-state index is 0.00246. The van der Waals surface area contributed by atoms with Crippen molar-refractivity contribution >= 4 is 28.3 Å². The van der Waals surface area contributed by atoms with Crippen LogP contribution in [0.15, 0.2) is 60.7 Å². The van der Waals surface area contributed by atoms with Gasteiger partial charge in [0.25, 0.3) is 0 Å². The van der Waals surface area contributed by atoms with Crippen LogP contribution in [0.1, 0.15) is 29.5 Å². The third-order valence-corrected chi connectivity index (χ3v) is 5.86. The molecule has 1 heterocycles. The monoisotopic (exact) mass is 400 g/mol. The van der Waals surface area contributed by atoms with Crippen LogP contribution in [0.4, 0.5) is 5.69 Å². The SMILES string of the molecule is Cc1cc(C)cc(NC(=O)[C@@H]2CCCN(C(=O)Cc3cccc4ccccc34)C2)c1. The number of likely N-dealkylation sites (tertiary alicyclic amines) is 1. The largest absolute Gasteiger partial charge is 0.342 e. The van der Waals surface area contributed by atoms with Crippen molar-refractivity contribution in [3.8, 4) is 0 Å². The number of hydrogen-bond acceptors (Lipinski definition) is 2. The van der Waals surface area contributed by atoms with Gasteiger partial charge < -0.3 is 10.2 Å². The Morgan fingerprint density at radius 1 is 1.00 bits per heavy atom. The maximum atomic E-state index is 13.0. The Morgan fingerprint density at radius 2 is 1.73 bits per heavy atom. The van der Waals surface area contributed by atoms with Crippen molar-refractivity contribution in [3.05, 3.63) is 77.4 Å². The summed E-state index contributed by atoms with van der Waals surface area (Å²) in [5.74, 6) is -0.0750. The summed E-state index contributed by atoms with van der Waals surface area (Å²) in [5.41, 5.74) is 4.12. The predicted octanol–water partition coefficient (Wildman–Crippen LogP) is 4.88. The van der Waals surface area contributed by atoms with Crippen LogP contribution in [0.5, 0.6) is 0 Å². The standard InChI is InChI=1S/C26H28N2O2/c1-18-13-19(2)15-23(14-18)27-26(30)22-10-6-12-28(17-22)25(29)16-21-9-5-8-20-7-3-4-11-24(20)21/h3-5,7-9,11,13-15,22H,6,10,12,16-17H2,1-2H3,(H,27,30)/t22-/m1/s1. The number of hydrogen-bond donors (Lipinski definition) is 1. The van der Waals surface area contributed by atoms with Crippen molar-refractivity contribution in [2.75, 3.05) is 18.4 Å². The van der Waals surface area contributed by atoms with Crippen molar-refractivity contribution in [2.45, 2.75) is 33.1 Å². The zero-order valence-electron chi connectivity index (χ0n) is 17.7. The minimum atomic E-state index is -0.170. The van der Waals surface area contributed by atoms with Crippen molar-refractivity contribution in [1.82, 2.24) is 4.90 Å². The summed E-state index contributed by atoms with van der Waals surface area (Å²) < 4.78 is 0. The number of aryl methyl sites for hydroxylation is 2. The zero-order chi connectivity index (χ0) is 21.1. The van der Waals surface area contributed by atoms with Crippen LogP contribution in [0.3, 0.4) is 0 Å². The molecule has 0 radical (unpaired) electrons. The molecule has 154 valence electrons. The lowest BCUT2D eigenvalue weighted by Crippen LogP contribution is -2.44. The highest BCUT2D eigenvalue weighted by molar-refractivity contribution is 5.94. The Bertz CT molecular complexity index is 1060. The van der Waals surface area contributed by atoms with E-state index in [0.717, 1.165) is 52.5 Å². The summed E-state index contributed by atoms with van der Waals surface area (Å²) in [5, 5.41) is 5.32. The molecule has 1 aliphatic rings. The van der Waals surface area contributed by atoms with Crippen LogP contribution in [0, 0.1) is 19.8 Å². The van der Waals surface area contributed by atoms with Gasteiger partial charge in [0.2, 0.25) is 11.8 Å². The number of rotatable bonds is 4. The molecular weight excluding hydrogens is 372 g/mol. The number of nitrogens with zero attached hydrogens (tertiary/aromatic N) is 1. The average molecular weight is 401 g/mol. The molecule has 0 saturated carbocycles. The number of carbonyl (C=O) groups is 2. The van der Waals surface area contributed by atoms with Gasteiger partial charge in [-0.3, -0.25) is 9.59 Å². The fourth-order valence-electron chi connectivity index (χ4n) is 4.43. The Labute approximate surface area is 177 Å². The van der Waals surface area contributed by atoms with Gasteiger partial charge in [0, 0.05) is 18.8 Å². The molecule has 1 fully saturated rings. The molecule has 1 N–H and O–H groups in total. The van der Waals surface area contributed by atoms with Crippen molar-refractivity contribution in [1.29, 1.82) is 0 Å². The molecule has 0 aliphatic carbocycles. The molecule has 1 aliphatic heterocycles. The number of benzene rings is 3. The lowest BCUT2D eigenvalue weighted by Gasteiger charge is -2.32. The third-order valence-electron chi connectivity index (χ3n) is 5.86. The molecule has 2 amide bonds. The van der Waals surface area contributed by atoms with Gasteiger partial charge in [0.15, 0.2) is 0 Å². The number of nitrogens with one attached hydrogen (secondary N) is 1. The summed E-state index contributed by atoms with van der Waals surface area (Å²) in [7, 11) is 0. The van der Waals surface area contributed by atoms with Gasteiger partial charge in [0.05, 0.1) is 12.3 Å². The van der Waals surface area contributed by atoms with E-state index in [1.807, 2.05) is 55.1 Å². The maximum absolute atomic E-state index is 13.0. The molecule has 3 aromatic rings. The lowest BCUT2D eigenvalue weighted by atomic mass is 9.95. The fourth-order valence-corrected chi connectivity index (χ4v) is 4.43. The summed E-state index contributed by atoms with van der Waals surface area (Å²) in [6, 6.07) is 20.3. The van der Waals surface area contributed by atoms with Crippen molar-refractivity contribution in [2.24, 2.45) is 5.92 Å². The highest BCUT2D eigenvalue weighted by Crippen LogP contribution is 2.23. The molecule has 4 nitrogen and oxygen atoms in total. The molecule has 4 heteroatoms. The van der Waals surface area contributed by atoms with Crippen LogP contribution < -0.4 is 5.32 Å². The molecule has 0 bridgehead atoms. The highest BCUT2D eigenvalue weighted by Gasteiger charge is 2.28. The first-order chi connectivity index (χ1) is 14.5. The minimum Gasteiger partial charge on any atom is -0.342 e. The lowest BCUT2D eigenvalue weighted by molar-refractivity contribution is -0.133. The number of carbonyl (C=O) groups excluding carboxylic acids is 2. The van der Waals surface area contributed by atoms with Gasteiger partial charge in [0.1, 0.15) is 0 Å². The van der Waals surface area contributed by atoms with E-state index in [1.54, 1.807) is 0 Å². The molecule has 3 aromatic carbocycles. The normalized spacial score (nSPS) is 16.5. The molecule has 1 atom stereocenters. The Balaban J connectivity index is 1.42. The molecule has 30 heavy (non-hydrogen) atoms. The van der Waals surface area contributed by atoms with E-state index in [4.69, 9.17) is 0 Å². The first-order valence-corrected chi connectivity index (χ1v) is 10.6. The fraction of sp³-hybridized carbons (Fsp3) is 0.308. The quantitative estimate of drug-likeness (QED) is 0.679. The summed E-state index contributed by atoms with van der Waals surface area (Å²) >= 11 is 0. The van der Waals surface area contributed by atoms with Gasteiger partial charge in [-0.2, -0.15) is 0 Å². The first kappa shape index (κ1) is 20.1. The van der Waals surface area contributed by atoms with Gasteiger partial charge >= 0.3 is 0 Å². The molecule has 0 unspecified atom stereocenters. The summed E-state index contributed by atoms with van der Waals surface area (Å²) in [6.45, 7) is 5.26. The number of piperidine rings is 1.